The fraction of sp³-hybridized carbons (Fsp3) is 0.333. The van der Waals surface area contributed by atoms with Gasteiger partial charge in [0.15, 0.2) is 0 Å². The number of furan rings is 1. The second-order valence-corrected chi connectivity index (χ2v) is 5.22. The van der Waals surface area contributed by atoms with Crippen LogP contribution >= 0.6 is 11.6 Å². The third kappa shape index (κ3) is 4.48. The molecule has 130 valence electrons. The number of alkyl halides is 3. The summed E-state index contributed by atoms with van der Waals surface area (Å²) in [7, 11) is 1.45. The molecule has 2 heterocycles. The minimum Gasteiger partial charge on any atom is -0.467 e. The van der Waals surface area contributed by atoms with Crippen molar-refractivity contribution in [2.45, 2.75) is 12.7 Å². The normalized spacial score (nSPS) is 11.5. The van der Waals surface area contributed by atoms with Gasteiger partial charge in [0.25, 0.3) is 5.91 Å². The summed E-state index contributed by atoms with van der Waals surface area (Å²) in [5, 5.41) is -0.296. The van der Waals surface area contributed by atoms with Gasteiger partial charge in [-0.15, -0.1) is 0 Å². The highest BCUT2D eigenvalue weighted by molar-refractivity contribution is 6.32. The lowest BCUT2D eigenvalue weighted by atomic mass is 10.1. The van der Waals surface area contributed by atoms with Crippen LogP contribution in [0.4, 0.5) is 13.2 Å². The average Bonchev–Trinajstić information content (AvgIpc) is 3.03. The van der Waals surface area contributed by atoms with Crippen molar-refractivity contribution in [2.75, 3.05) is 20.3 Å². The molecule has 2 aromatic rings. The Labute approximate surface area is 141 Å². The average molecular weight is 363 g/mol. The van der Waals surface area contributed by atoms with E-state index in [-0.39, 0.29) is 30.4 Å². The summed E-state index contributed by atoms with van der Waals surface area (Å²) in [6.07, 6.45) is -2.59. The number of aromatic nitrogens is 1. The van der Waals surface area contributed by atoms with Crippen LogP contribution in [0.5, 0.6) is 0 Å². The summed E-state index contributed by atoms with van der Waals surface area (Å²) >= 11 is 5.82. The molecule has 0 aliphatic heterocycles. The molecule has 2 aromatic heterocycles. The Balaban J connectivity index is 2.31. The lowest BCUT2D eigenvalue weighted by Gasteiger charge is -2.22. The highest BCUT2D eigenvalue weighted by Gasteiger charge is 2.33. The van der Waals surface area contributed by atoms with Crippen molar-refractivity contribution in [3.8, 4) is 0 Å². The molecule has 0 saturated heterocycles. The molecule has 5 nitrogen and oxygen atoms in total. The van der Waals surface area contributed by atoms with E-state index in [0.717, 1.165) is 0 Å². The number of nitrogens with zero attached hydrogens (tertiary/aromatic N) is 2. The number of carbonyl (C=O) groups is 1. The number of methoxy groups -OCH3 is 1. The van der Waals surface area contributed by atoms with Crippen molar-refractivity contribution >= 4 is 17.5 Å². The molecule has 0 bridgehead atoms. The molecule has 0 aromatic carbocycles. The third-order valence-electron chi connectivity index (χ3n) is 3.18. The first-order chi connectivity index (χ1) is 11.3. The van der Waals surface area contributed by atoms with Gasteiger partial charge in [0.2, 0.25) is 0 Å². The van der Waals surface area contributed by atoms with Crippen LogP contribution in [0.3, 0.4) is 0 Å². The maximum absolute atomic E-state index is 12.8. The standard InChI is InChI=1S/C15H14ClF3N2O3/c1-23-6-4-21(9-11-3-2-5-24-11)14(22)12-7-10(15(17,18)19)8-20-13(12)16/h2-3,5,7-8H,4,6,9H2,1H3. The summed E-state index contributed by atoms with van der Waals surface area (Å²) in [5.74, 6) is -0.206. The molecule has 0 fully saturated rings. The van der Waals surface area contributed by atoms with Gasteiger partial charge in [-0.3, -0.25) is 4.79 Å². The second-order valence-electron chi connectivity index (χ2n) is 4.86. The van der Waals surface area contributed by atoms with Gasteiger partial charge in [-0.1, -0.05) is 11.6 Å². The molecule has 9 heteroatoms. The lowest BCUT2D eigenvalue weighted by molar-refractivity contribution is -0.137. The lowest BCUT2D eigenvalue weighted by Crippen LogP contribution is -2.33. The number of amides is 1. The Morgan fingerprint density at radius 2 is 2.21 bits per heavy atom. The van der Waals surface area contributed by atoms with E-state index in [2.05, 4.69) is 4.98 Å². The zero-order valence-corrected chi connectivity index (χ0v) is 13.4. The SMILES string of the molecule is COCCN(Cc1ccco1)C(=O)c1cc(C(F)(F)F)cnc1Cl. The summed E-state index contributed by atoms with van der Waals surface area (Å²) in [4.78, 5) is 17.4. The van der Waals surface area contributed by atoms with Gasteiger partial charge in [0, 0.05) is 19.9 Å². The molecule has 0 atom stereocenters. The summed E-state index contributed by atoms with van der Waals surface area (Å²) in [6, 6.07) is 3.99. The van der Waals surface area contributed by atoms with Crippen molar-refractivity contribution in [2.24, 2.45) is 0 Å². The Bertz CT molecular complexity index is 690. The van der Waals surface area contributed by atoms with Crippen molar-refractivity contribution < 1.29 is 27.1 Å². The zero-order chi connectivity index (χ0) is 17.7. The fourth-order valence-corrected chi connectivity index (χ4v) is 2.15. The highest BCUT2D eigenvalue weighted by atomic mass is 35.5. The van der Waals surface area contributed by atoms with E-state index in [0.29, 0.717) is 18.0 Å². The Morgan fingerprint density at radius 3 is 2.79 bits per heavy atom. The van der Waals surface area contributed by atoms with Crippen LogP contribution in [-0.2, 0) is 17.5 Å². The van der Waals surface area contributed by atoms with E-state index in [4.69, 9.17) is 20.8 Å². The molecule has 2 rings (SSSR count). The third-order valence-corrected chi connectivity index (χ3v) is 3.48. The Morgan fingerprint density at radius 1 is 1.46 bits per heavy atom. The van der Waals surface area contributed by atoms with Crippen molar-refractivity contribution in [1.29, 1.82) is 0 Å². The molecule has 1 amide bonds. The van der Waals surface area contributed by atoms with Crippen LogP contribution in [0.25, 0.3) is 0 Å². The molecular formula is C15H14ClF3N2O3. The Hall–Kier alpha value is -2.06. The zero-order valence-electron chi connectivity index (χ0n) is 12.6. The number of hydrogen-bond donors (Lipinski definition) is 0. The van der Waals surface area contributed by atoms with Gasteiger partial charge < -0.3 is 14.1 Å². The molecule has 0 aliphatic rings. The van der Waals surface area contributed by atoms with Crippen LogP contribution in [0.1, 0.15) is 21.7 Å². The minimum atomic E-state index is -4.62. The topological polar surface area (TPSA) is 55.6 Å². The monoisotopic (exact) mass is 362 g/mol. The maximum atomic E-state index is 12.8. The van der Waals surface area contributed by atoms with Crippen LogP contribution < -0.4 is 0 Å². The predicted molar refractivity (Wildman–Crippen MR) is 79.6 cm³/mol. The van der Waals surface area contributed by atoms with Crippen molar-refractivity contribution in [3.05, 3.63) is 52.7 Å². The quantitative estimate of drug-likeness (QED) is 0.736. The summed E-state index contributed by atoms with van der Waals surface area (Å²) in [5.41, 5.74) is -1.37. The summed E-state index contributed by atoms with van der Waals surface area (Å²) < 4.78 is 48.6. The fourth-order valence-electron chi connectivity index (χ4n) is 1.97. The second kappa shape index (κ2) is 7.67. The van der Waals surface area contributed by atoms with Crippen LogP contribution in [-0.4, -0.2) is 36.1 Å². The van der Waals surface area contributed by atoms with E-state index in [9.17, 15) is 18.0 Å². The van der Waals surface area contributed by atoms with Crippen LogP contribution in [0.15, 0.2) is 35.1 Å². The molecular weight excluding hydrogens is 349 g/mol. The molecule has 0 aliphatic carbocycles. The molecule has 0 radical (unpaired) electrons. The van der Waals surface area contributed by atoms with Gasteiger partial charge in [-0.25, -0.2) is 4.98 Å². The van der Waals surface area contributed by atoms with E-state index in [1.54, 1.807) is 12.1 Å². The Kier molecular flexibility index (Phi) is 5.84. The van der Waals surface area contributed by atoms with Crippen LogP contribution in [0, 0.1) is 0 Å². The van der Waals surface area contributed by atoms with Gasteiger partial charge >= 0.3 is 6.18 Å². The van der Waals surface area contributed by atoms with E-state index < -0.39 is 17.6 Å². The van der Waals surface area contributed by atoms with E-state index >= 15 is 0 Å². The van der Waals surface area contributed by atoms with Crippen molar-refractivity contribution in [3.63, 3.8) is 0 Å². The number of hydrogen-bond acceptors (Lipinski definition) is 4. The maximum Gasteiger partial charge on any atom is 0.417 e. The number of carbonyl (C=O) groups excluding carboxylic acids is 1. The van der Waals surface area contributed by atoms with Crippen molar-refractivity contribution in [1.82, 2.24) is 9.88 Å². The number of halogens is 4. The summed E-state index contributed by atoms with van der Waals surface area (Å²) in [6.45, 7) is 0.431. The molecule has 24 heavy (non-hydrogen) atoms. The first kappa shape index (κ1) is 18.3. The highest BCUT2D eigenvalue weighted by Crippen LogP contribution is 2.31. The van der Waals surface area contributed by atoms with Gasteiger partial charge in [0.05, 0.1) is 30.5 Å². The molecule has 0 unspecified atom stereocenters. The molecule has 0 spiro atoms. The minimum absolute atomic E-state index is 0.0712. The van der Waals surface area contributed by atoms with Gasteiger partial charge in [-0.2, -0.15) is 13.2 Å². The predicted octanol–water partition coefficient (Wildman–Crippen LogP) is 3.64. The van der Waals surface area contributed by atoms with Gasteiger partial charge in [0.1, 0.15) is 10.9 Å². The van der Waals surface area contributed by atoms with E-state index in [1.807, 2.05) is 0 Å². The number of rotatable bonds is 6. The smallest absolute Gasteiger partial charge is 0.417 e. The molecule has 0 saturated carbocycles. The van der Waals surface area contributed by atoms with Crippen LogP contribution in [0.2, 0.25) is 5.15 Å². The number of pyridine rings is 1. The first-order valence-corrected chi connectivity index (χ1v) is 7.24. The first-order valence-electron chi connectivity index (χ1n) is 6.86. The largest absolute Gasteiger partial charge is 0.467 e. The van der Waals surface area contributed by atoms with Gasteiger partial charge in [-0.05, 0) is 18.2 Å². The number of ether oxygens (including phenoxy) is 1. The molecule has 0 N–H and O–H groups in total. The van der Waals surface area contributed by atoms with E-state index in [1.165, 1.54) is 18.3 Å².